The summed E-state index contributed by atoms with van der Waals surface area (Å²) in [7, 11) is 0. The van der Waals surface area contributed by atoms with Crippen LogP contribution in [-0.2, 0) is 16.0 Å². The van der Waals surface area contributed by atoms with Gasteiger partial charge in [-0.3, -0.25) is 14.9 Å². The van der Waals surface area contributed by atoms with Crippen LogP contribution in [0.4, 0.5) is 5.69 Å². The maximum atomic E-state index is 11.2. The fourth-order valence-electron chi connectivity index (χ4n) is 1.83. The highest BCUT2D eigenvalue weighted by molar-refractivity contribution is 5.86. The molecule has 0 fully saturated rings. The molecule has 1 heterocycles. The molecule has 0 N–H and O–H groups in total. The molecule has 0 spiro atoms. The molecule has 0 atom stereocenters. The van der Waals surface area contributed by atoms with Crippen LogP contribution >= 0.6 is 0 Å². The van der Waals surface area contributed by atoms with Crippen molar-refractivity contribution in [3.63, 3.8) is 0 Å². The molecule has 1 aromatic carbocycles. The molecule has 0 aliphatic carbocycles. The minimum absolute atomic E-state index is 0.0696. The number of fused-ring (bicyclic) bond motifs is 1. The lowest BCUT2D eigenvalue weighted by molar-refractivity contribution is -0.383. The van der Waals surface area contributed by atoms with Gasteiger partial charge in [0, 0.05) is 17.9 Å². The first-order chi connectivity index (χ1) is 9.11. The summed E-state index contributed by atoms with van der Waals surface area (Å²) in [6.07, 6.45) is 0.562. The highest BCUT2D eigenvalue weighted by Crippen LogP contribution is 2.28. The zero-order valence-electron chi connectivity index (χ0n) is 10.4. The number of nitro groups is 1. The van der Waals surface area contributed by atoms with Gasteiger partial charge in [0.25, 0.3) is 0 Å². The van der Waals surface area contributed by atoms with Gasteiger partial charge in [0.1, 0.15) is 5.76 Å². The van der Waals surface area contributed by atoms with Crippen molar-refractivity contribution >= 4 is 22.6 Å². The van der Waals surface area contributed by atoms with Gasteiger partial charge in [0.2, 0.25) is 5.58 Å². The van der Waals surface area contributed by atoms with E-state index in [9.17, 15) is 14.9 Å². The van der Waals surface area contributed by atoms with E-state index in [1.54, 1.807) is 25.1 Å². The number of nitro benzene ring substituents is 1. The maximum Gasteiger partial charge on any atom is 0.312 e. The van der Waals surface area contributed by atoms with Crippen molar-refractivity contribution in [2.45, 2.75) is 19.8 Å². The van der Waals surface area contributed by atoms with Gasteiger partial charge in [0.15, 0.2) is 0 Å². The third-order valence-corrected chi connectivity index (χ3v) is 2.65. The fourth-order valence-corrected chi connectivity index (χ4v) is 1.83. The van der Waals surface area contributed by atoms with E-state index in [0.717, 1.165) is 0 Å². The van der Waals surface area contributed by atoms with Crippen LogP contribution in [0.15, 0.2) is 28.7 Å². The molecular weight excluding hydrogens is 250 g/mol. The molecule has 0 aliphatic rings. The molecule has 0 aliphatic heterocycles. The van der Waals surface area contributed by atoms with E-state index >= 15 is 0 Å². The fraction of sp³-hybridized carbons (Fsp3) is 0.308. The second-order valence-corrected chi connectivity index (χ2v) is 3.97. The van der Waals surface area contributed by atoms with Crippen molar-refractivity contribution < 1.29 is 18.9 Å². The highest BCUT2D eigenvalue weighted by Gasteiger charge is 2.16. The normalized spacial score (nSPS) is 10.6. The number of carbonyl (C=O) groups excluding carboxylic acids is 1. The molecule has 1 aromatic heterocycles. The average molecular weight is 263 g/mol. The lowest BCUT2D eigenvalue weighted by Gasteiger charge is -1.98. The second-order valence-electron chi connectivity index (χ2n) is 3.97. The summed E-state index contributed by atoms with van der Waals surface area (Å²) in [4.78, 5) is 21.6. The smallest absolute Gasteiger partial charge is 0.312 e. The molecule has 19 heavy (non-hydrogen) atoms. The average Bonchev–Trinajstić information content (AvgIpc) is 2.79. The van der Waals surface area contributed by atoms with Gasteiger partial charge in [-0.25, -0.2) is 0 Å². The van der Waals surface area contributed by atoms with E-state index < -0.39 is 4.92 Å². The zero-order valence-corrected chi connectivity index (χ0v) is 10.4. The predicted molar refractivity (Wildman–Crippen MR) is 67.8 cm³/mol. The summed E-state index contributed by atoms with van der Waals surface area (Å²) in [5.41, 5.74) is 0.172. The quantitative estimate of drug-likeness (QED) is 0.470. The SMILES string of the molecule is CCOC(=O)CCc1cc2cccc([N+](=O)[O-])c2o1. The van der Waals surface area contributed by atoms with E-state index in [-0.39, 0.29) is 23.7 Å². The standard InChI is InChI=1S/C13H13NO5/c1-2-18-12(15)7-6-10-8-9-4-3-5-11(14(16)17)13(9)19-10/h3-5,8H,2,6-7H2,1H3. The Morgan fingerprint density at radius 1 is 1.47 bits per heavy atom. The van der Waals surface area contributed by atoms with Crippen LogP contribution in [0, 0.1) is 10.1 Å². The Labute approximate surface area is 109 Å². The zero-order chi connectivity index (χ0) is 13.8. The summed E-state index contributed by atoms with van der Waals surface area (Å²) in [5.74, 6) is 0.231. The Morgan fingerprint density at radius 3 is 2.95 bits per heavy atom. The van der Waals surface area contributed by atoms with Crippen molar-refractivity contribution in [3.8, 4) is 0 Å². The Morgan fingerprint density at radius 2 is 2.26 bits per heavy atom. The van der Waals surface area contributed by atoms with Crippen LogP contribution in [-0.4, -0.2) is 17.5 Å². The van der Waals surface area contributed by atoms with Crippen LogP contribution in [0.1, 0.15) is 19.1 Å². The number of esters is 1. The number of carbonyl (C=O) groups is 1. The summed E-state index contributed by atoms with van der Waals surface area (Å²) >= 11 is 0. The summed E-state index contributed by atoms with van der Waals surface area (Å²) in [6.45, 7) is 2.08. The van der Waals surface area contributed by atoms with Crippen LogP contribution in [0.5, 0.6) is 0 Å². The van der Waals surface area contributed by atoms with Crippen LogP contribution in [0.2, 0.25) is 0 Å². The Balaban J connectivity index is 2.20. The number of hydrogen-bond acceptors (Lipinski definition) is 5. The van der Waals surface area contributed by atoms with E-state index in [2.05, 4.69) is 0 Å². The molecule has 100 valence electrons. The summed E-state index contributed by atoms with van der Waals surface area (Å²) in [5, 5.41) is 11.5. The van der Waals surface area contributed by atoms with Crippen LogP contribution in [0.25, 0.3) is 11.0 Å². The van der Waals surface area contributed by atoms with Gasteiger partial charge in [0.05, 0.1) is 18.0 Å². The molecule has 0 saturated heterocycles. The molecule has 0 unspecified atom stereocenters. The van der Waals surface area contributed by atoms with Crippen LogP contribution in [0.3, 0.4) is 0 Å². The van der Waals surface area contributed by atoms with E-state index in [0.29, 0.717) is 24.2 Å². The number of para-hydroxylation sites is 1. The number of hydrogen-bond donors (Lipinski definition) is 0. The number of furan rings is 1. The predicted octanol–water partition coefficient (Wildman–Crippen LogP) is 2.84. The molecule has 0 radical (unpaired) electrons. The topological polar surface area (TPSA) is 82.6 Å². The molecule has 0 amide bonds. The largest absolute Gasteiger partial charge is 0.466 e. The minimum Gasteiger partial charge on any atom is -0.466 e. The van der Waals surface area contributed by atoms with Gasteiger partial charge in [-0.1, -0.05) is 12.1 Å². The molecule has 6 heteroatoms. The molecule has 2 rings (SSSR count). The lowest BCUT2D eigenvalue weighted by atomic mass is 10.2. The van der Waals surface area contributed by atoms with Gasteiger partial charge in [-0.15, -0.1) is 0 Å². The van der Waals surface area contributed by atoms with Crippen molar-refractivity contribution in [1.29, 1.82) is 0 Å². The first-order valence-corrected chi connectivity index (χ1v) is 5.93. The molecule has 0 saturated carbocycles. The monoisotopic (exact) mass is 263 g/mol. The Hall–Kier alpha value is -2.37. The van der Waals surface area contributed by atoms with Gasteiger partial charge < -0.3 is 9.15 Å². The number of nitrogens with zero attached hydrogens (tertiary/aromatic N) is 1. The van der Waals surface area contributed by atoms with Crippen molar-refractivity contribution in [2.24, 2.45) is 0 Å². The van der Waals surface area contributed by atoms with Crippen LogP contribution < -0.4 is 0 Å². The van der Waals surface area contributed by atoms with E-state index in [1.807, 2.05) is 0 Å². The van der Waals surface area contributed by atoms with Crippen molar-refractivity contribution in [3.05, 3.63) is 40.1 Å². The Bertz CT molecular complexity index is 617. The molecule has 6 nitrogen and oxygen atoms in total. The number of rotatable bonds is 5. The molecule has 0 bridgehead atoms. The third-order valence-electron chi connectivity index (χ3n) is 2.65. The first-order valence-electron chi connectivity index (χ1n) is 5.93. The number of aryl methyl sites for hydroxylation is 1. The van der Waals surface area contributed by atoms with E-state index in [1.165, 1.54) is 6.07 Å². The van der Waals surface area contributed by atoms with Gasteiger partial charge in [-0.05, 0) is 13.0 Å². The molecular formula is C13H13NO5. The summed E-state index contributed by atoms with van der Waals surface area (Å²) in [6, 6.07) is 6.44. The highest BCUT2D eigenvalue weighted by atomic mass is 16.6. The van der Waals surface area contributed by atoms with Crippen molar-refractivity contribution in [1.82, 2.24) is 0 Å². The minimum atomic E-state index is -0.485. The first kappa shape index (κ1) is 13.1. The number of non-ortho nitro benzene ring substituents is 1. The molecule has 2 aromatic rings. The van der Waals surface area contributed by atoms with Gasteiger partial charge in [-0.2, -0.15) is 0 Å². The van der Waals surface area contributed by atoms with Crippen molar-refractivity contribution in [2.75, 3.05) is 6.61 Å². The van der Waals surface area contributed by atoms with E-state index in [4.69, 9.17) is 9.15 Å². The number of ether oxygens (including phenoxy) is 1. The lowest BCUT2D eigenvalue weighted by Crippen LogP contribution is -2.04. The summed E-state index contributed by atoms with van der Waals surface area (Å²) < 4.78 is 10.3. The third kappa shape index (κ3) is 2.90. The van der Waals surface area contributed by atoms with Gasteiger partial charge >= 0.3 is 11.7 Å². The number of benzene rings is 1. The maximum absolute atomic E-state index is 11.2. The second kappa shape index (κ2) is 5.51. The Kier molecular flexibility index (Phi) is 3.79.